The van der Waals surface area contributed by atoms with E-state index in [1.165, 1.54) is 12.5 Å². The normalized spacial score (nSPS) is 10.5. The summed E-state index contributed by atoms with van der Waals surface area (Å²) in [5, 5.41) is 23.8. The fourth-order valence-corrected chi connectivity index (χ4v) is 3.01. The molecular formula is C18H16Cl2N6O. The predicted molar refractivity (Wildman–Crippen MR) is 108 cm³/mol. The van der Waals surface area contributed by atoms with E-state index in [0.717, 1.165) is 5.69 Å². The molecule has 0 spiro atoms. The van der Waals surface area contributed by atoms with Gasteiger partial charge >= 0.3 is 0 Å². The number of aromatic nitrogens is 3. The van der Waals surface area contributed by atoms with Gasteiger partial charge in [0.2, 0.25) is 0 Å². The molecule has 2 heterocycles. The quantitative estimate of drug-likeness (QED) is 0.453. The van der Waals surface area contributed by atoms with Crippen molar-refractivity contribution in [3.63, 3.8) is 0 Å². The highest BCUT2D eigenvalue weighted by Gasteiger charge is 2.12. The third kappa shape index (κ3) is 4.51. The van der Waals surface area contributed by atoms with Crippen molar-refractivity contribution in [1.82, 2.24) is 15.0 Å². The van der Waals surface area contributed by atoms with Crippen LogP contribution in [0.1, 0.15) is 16.8 Å². The zero-order chi connectivity index (χ0) is 19.4. The summed E-state index contributed by atoms with van der Waals surface area (Å²) < 4.78 is 0. The molecule has 0 saturated carbocycles. The first-order valence-electron chi connectivity index (χ1n) is 7.92. The molecule has 0 radical (unpaired) electrons. The summed E-state index contributed by atoms with van der Waals surface area (Å²) in [6.45, 7) is 1.71. The zero-order valence-corrected chi connectivity index (χ0v) is 15.8. The molecule has 138 valence electrons. The van der Waals surface area contributed by atoms with Gasteiger partial charge in [-0.2, -0.15) is 0 Å². The fourth-order valence-electron chi connectivity index (χ4n) is 2.38. The van der Waals surface area contributed by atoms with Crippen LogP contribution in [0, 0.1) is 12.3 Å². The molecule has 7 nitrogen and oxygen atoms in total. The maximum absolute atomic E-state index is 9.25. The van der Waals surface area contributed by atoms with Gasteiger partial charge in [-0.1, -0.05) is 23.2 Å². The van der Waals surface area contributed by atoms with Gasteiger partial charge in [0.1, 0.15) is 18.0 Å². The molecule has 0 unspecified atom stereocenters. The lowest BCUT2D eigenvalue weighted by molar-refractivity contribution is 0.282. The molecule has 0 bridgehead atoms. The zero-order valence-electron chi connectivity index (χ0n) is 14.3. The second-order valence-corrected chi connectivity index (χ2v) is 6.50. The summed E-state index contributed by atoms with van der Waals surface area (Å²) in [4.78, 5) is 12.5. The Morgan fingerprint density at radius 2 is 1.74 bits per heavy atom. The van der Waals surface area contributed by atoms with Gasteiger partial charge in [-0.05, 0) is 24.6 Å². The van der Waals surface area contributed by atoms with Gasteiger partial charge in [0.05, 0.1) is 28.0 Å². The minimum absolute atomic E-state index is 0.160. The molecule has 27 heavy (non-hydrogen) atoms. The molecular weight excluding hydrogens is 387 g/mol. The predicted octanol–water partition coefficient (Wildman–Crippen LogP) is 4.46. The highest BCUT2D eigenvalue weighted by atomic mass is 35.5. The summed E-state index contributed by atoms with van der Waals surface area (Å²) in [7, 11) is 0. The van der Waals surface area contributed by atoms with E-state index >= 15 is 0 Å². The van der Waals surface area contributed by atoms with Crippen molar-refractivity contribution in [3.8, 4) is 0 Å². The van der Waals surface area contributed by atoms with Crippen LogP contribution in [0.5, 0.6) is 0 Å². The SMILES string of the molecule is Cc1cc(Nc2cc(Nc3c(Cl)cc(CO)cc3Cl)c(C=N)cn2)ncn1. The number of aryl methyl sites for hydroxylation is 1. The van der Waals surface area contributed by atoms with E-state index in [0.29, 0.717) is 44.2 Å². The van der Waals surface area contributed by atoms with Gasteiger partial charge in [0.25, 0.3) is 0 Å². The lowest BCUT2D eigenvalue weighted by atomic mass is 10.2. The Hall–Kier alpha value is -2.74. The van der Waals surface area contributed by atoms with Crippen molar-refractivity contribution in [3.05, 3.63) is 63.7 Å². The molecule has 0 amide bonds. The molecule has 9 heteroatoms. The van der Waals surface area contributed by atoms with Crippen LogP contribution < -0.4 is 10.6 Å². The molecule has 3 rings (SSSR count). The smallest absolute Gasteiger partial charge is 0.135 e. The average Bonchev–Trinajstić information content (AvgIpc) is 2.64. The summed E-state index contributed by atoms with van der Waals surface area (Å²) in [6, 6.07) is 6.78. The molecule has 0 aliphatic rings. The molecule has 4 N–H and O–H groups in total. The molecule has 2 aromatic heterocycles. The third-order valence-electron chi connectivity index (χ3n) is 3.69. The van der Waals surface area contributed by atoms with E-state index in [-0.39, 0.29) is 6.61 Å². The number of halogens is 2. The maximum Gasteiger partial charge on any atom is 0.135 e. The first-order valence-corrected chi connectivity index (χ1v) is 8.67. The van der Waals surface area contributed by atoms with Crippen LogP contribution >= 0.6 is 23.2 Å². The molecule has 0 saturated heterocycles. The number of aliphatic hydroxyl groups is 1. The number of rotatable bonds is 6. The van der Waals surface area contributed by atoms with Gasteiger partial charge < -0.3 is 21.1 Å². The largest absolute Gasteiger partial charge is 0.392 e. The molecule has 0 aliphatic carbocycles. The first kappa shape index (κ1) is 19.0. The Bertz CT molecular complexity index is 972. The van der Waals surface area contributed by atoms with Gasteiger partial charge in [0, 0.05) is 35.8 Å². The number of pyridine rings is 1. The summed E-state index contributed by atoms with van der Waals surface area (Å²) in [5.74, 6) is 1.13. The number of aliphatic hydroxyl groups excluding tert-OH is 1. The number of nitrogens with zero attached hydrogens (tertiary/aromatic N) is 3. The van der Waals surface area contributed by atoms with Crippen molar-refractivity contribution in [2.75, 3.05) is 10.6 Å². The maximum atomic E-state index is 9.25. The van der Waals surface area contributed by atoms with E-state index in [2.05, 4.69) is 25.6 Å². The van der Waals surface area contributed by atoms with Crippen LogP contribution in [0.3, 0.4) is 0 Å². The standard InChI is InChI=1S/C18H16Cl2N6O/c1-10-2-16(24-9-23-10)26-17-5-15(12(6-21)7-22-17)25-18-13(19)3-11(8-27)4-14(18)20/h2-7,9,21,27H,8H2,1H3,(H2,22,23,24,25,26). The van der Waals surface area contributed by atoms with Crippen LogP contribution in [0.2, 0.25) is 10.0 Å². The van der Waals surface area contributed by atoms with E-state index in [1.807, 2.05) is 6.92 Å². The van der Waals surface area contributed by atoms with E-state index in [9.17, 15) is 5.11 Å². The van der Waals surface area contributed by atoms with Gasteiger partial charge in [0.15, 0.2) is 0 Å². The summed E-state index contributed by atoms with van der Waals surface area (Å²) >= 11 is 12.6. The van der Waals surface area contributed by atoms with E-state index in [4.69, 9.17) is 28.6 Å². The van der Waals surface area contributed by atoms with Crippen molar-refractivity contribution in [1.29, 1.82) is 5.41 Å². The number of nitrogens with one attached hydrogen (secondary N) is 3. The molecule has 0 aliphatic heterocycles. The van der Waals surface area contributed by atoms with Crippen LogP contribution in [0.4, 0.5) is 23.0 Å². The topological polar surface area (TPSA) is 107 Å². The molecule has 0 atom stereocenters. The van der Waals surface area contributed by atoms with Gasteiger partial charge in [-0.15, -0.1) is 0 Å². The Morgan fingerprint density at radius 1 is 1.04 bits per heavy atom. The second-order valence-electron chi connectivity index (χ2n) is 5.69. The second kappa shape index (κ2) is 8.30. The number of hydrogen-bond acceptors (Lipinski definition) is 7. The molecule has 1 aromatic carbocycles. The minimum atomic E-state index is -0.160. The molecule has 0 fully saturated rings. The number of hydrogen-bond donors (Lipinski definition) is 4. The number of benzene rings is 1. The van der Waals surface area contributed by atoms with E-state index in [1.54, 1.807) is 30.5 Å². The van der Waals surface area contributed by atoms with Crippen molar-refractivity contribution in [2.45, 2.75) is 13.5 Å². The first-order chi connectivity index (χ1) is 13.0. The van der Waals surface area contributed by atoms with Crippen molar-refractivity contribution < 1.29 is 5.11 Å². The molecule has 3 aromatic rings. The lowest BCUT2D eigenvalue weighted by Crippen LogP contribution is -2.02. The van der Waals surface area contributed by atoms with E-state index < -0.39 is 0 Å². The van der Waals surface area contributed by atoms with Crippen molar-refractivity contribution >= 4 is 52.4 Å². The fraction of sp³-hybridized carbons (Fsp3) is 0.111. The van der Waals surface area contributed by atoms with Gasteiger partial charge in [-0.3, -0.25) is 0 Å². The van der Waals surface area contributed by atoms with Crippen LogP contribution in [-0.2, 0) is 6.61 Å². The van der Waals surface area contributed by atoms with Crippen LogP contribution in [-0.4, -0.2) is 26.3 Å². The van der Waals surface area contributed by atoms with Gasteiger partial charge in [-0.25, -0.2) is 15.0 Å². The number of anilines is 4. The van der Waals surface area contributed by atoms with Crippen molar-refractivity contribution in [2.24, 2.45) is 0 Å². The Labute approximate surface area is 165 Å². The summed E-state index contributed by atoms with van der Waals surface area (Å²) in [5.41, 5.74) is 3.06. The van der Waals surface area contributed by atoms with Crippen LogP contribution in [0.25, 0.3) is 0 Å². The highest BCUT2D eigenvalue weighted by molar-refractivity contribution is 6.39. The van der Waals surface area contributed by atoms with Crippen LogP contribution in [0.15, 0.2) is 36.8 Å². The third-order valence-corrected chi connectivity index (χ3v) is 4.29. The average molecular weight is 403 g/mol. The Balaban J connectivity index is 1.94. The highest BCUT2D eigenvalue weighted by Crippen LogP contribution is 2.35. The minimum Gasteiger partial charge on any atom is -0.392 e. The monoisotopic (exact) mass is 402 g/mol. The summed E-state index contributed by atoms with van der Waals surface area (Å²) in [6.07, 6.45) is 4.19. The lowest BCUT2D eigenvalue weighted by Gasteiger charge is -2.15. The Morgan fingerprint density at radius 3 is 2.37 bits per heavy atom. The Kier molecular flexibility index (Phi) is 5.85.